The lowest BCUT2D eigenvalue weighted by atomic mass is 9.44. The summed E-state index contributed by atoms with van der Waals surface area (Å²) in [6.07, 6.45) is -13.8. The number of carbonyl (C=O) groups is 4. The van der Waals surface area contributed by atoms with Crippen molar-refractivity contribution in [3.8, 4) is 0 Å². The molecule has 0 aromatic rings. The van der Waals surface area contributed by atoms with Gasteiger partial charge in [-0.15, -0.1) is 0 Å². The average molecular weight is 945 g/mol. The fourth-order valence-electron chi connectivity index (χ4n) is 13.9. The zero-order valence-electron chi connectivity index (χ0n) is 39.8. The molecular weight excluding hydrogens is 868 g/mol. The Kier molecular flexibility index (Phi) is 16.2. The number of esters is 3. The van der Waals surface area contributed by atoms with Crippen LogP contribution in [0.1, 0.15) is 120 Å². The number of ether oxygens (including phenoxy) is 7. The number of aliphatic hydroxyl groups excluding tert-OH is 7. The second-order valence-electron chi connectivity index (χ2n) is 21.6. The van der Waals surface area contributed by atoms with Gasteiger partial charge in [0.1, 0.15) is 72.4 Å². The Bertz CT molecular complexity index is 1740. The maximum absolute atomic E-state index is 14.6. The van der Waals surface area contributed by atoms with Crippen molar-refractivity contribution in [3.05, 3.63) is 0 Å². The summed E-state index contributed by atoms with van der Waals surface area (Å²) >= 11 is 0. The fourth-order valence-corrected chi connectivity index (χ4v) is 13.9. The van der Waals surface area contributed by atoms with Crippen molar-refractivity contribution in [1.29, 1.82) is 0 Å². The van der Waals surface area contributed by atoms with Crippen LogP contribution in [0.25, 0.3) is 0 Å². The summed E-state index contributed by atoms with van der Waals surface area (Å²) in [6, 6.07) is 0. The van der Waals surface area contributed by atoms with E-state index in [1.54, 1.807) is 27.7 Å². The van der Waals surface area contributed by atoms with Gasteiger partial charge in [-0.05, 0) is 108 Å². The molecular formula is C47H76O19. The molecule has 2 aliphatic heterocycles. The second kappa shape index (κ2) is 20.1. The molecule has 6 fully saturated rings. The van der Waals surface area contributed by atoms with E-state index in [-0.39, 0.29) is 36.4 Å². The van der Waals surface area contributed by atoms with Crippen molar-refractivity contribution in [2.24, 2.45) is 46.3 Å². The Morgan fingerprint density at radius 3 is 1.97 bits per heavy atom. The first-order valence-corrected chi connectivity index (χ1v) is 23.7. The van der Waals surface area contributed by atoms with Gasteiger partial charge in [0.2, 0.25) is 0 Å². The van der Waals surface area contributed by atoms with Crippen molar-refractivity contribution < 1.29 is 93.2 Å². The van der Waals surface area contributed by atoms with Crippen LogP contribution in [0.2, 0.25) is 0 Å². The molecule has 4 aliphatic carbocycles. The van der Waals surface area contributed by atoms with E-state index in [0.29, 0.717) is 38.5 Å². The Labute approximate surface area is 386 Å². The number of hydrogen-bond acceptors (Lipinski definition) is 19. The molecule has 66 heavy (non-hydrogen) atoms. The first-order chi connectivity index (χ1) is 30.7. The van der Waals surface area contributed by atoms with Crippen LogP contribution in [0, 0.1) is 46.3 Å². The van der Waals surface area contributed by atoms with E-state index >= 15 is 0 Å². The van der Waals surface area contributed by atoms with Gasteiger partial charge in [0, 0.05) is 44.9 Å². The van der Waals surface area contributed by atoms with E-state index in [0.717, 1.165) is 6.42 Å². The summed E-state index contributed by atoms with van der Waals surface area (Å²) < 4.78 is 41.1. The molecule has 0 radical (unpaired) electrons. The largest absolute Gasteiger partial charge is 0.462 e. The molecule has 2 heterocycles. The van der Waals surface area contributed by atoms with E-state index in [1.165, 1.54) is 20.8 Å². The first-order valence-electron chi connectivity index (χ1n) is 23.7. The molecule has 22 atom stereocenters. The number of fused-ring (bicyclic) bond motifs is 5. The quantitative estimate of drug-likeness (QED) is 0.0640. The van der Waals surface area contributed by atoms with Gasteiger partial charge in [-0.25, -0.2) is 0 Å². The minimum atomic E-state index is -1.82. The number of rotatable bonds is 15. The zero-order chi connectivity index (χ0) is 49.0. The molecule has 19 nitrogen and oxygen atoms in total. The highest BCUT2D eigenvalue weighted by molar-refractivity contribution is 5.83. The van der Waals surface area contributed by atoms with Crippen molar-refractivity contribution in [2.75, 3.05) is 13.2 Å². The molecule has 2 saturated heterocycles. The van der Waals surface area contributed by atoms with Gasteiger partial charge in [-0.3, -0.25) is 19.2 Å². The molecule has 0 bridgehead atoms. The Hall–Kier alpha value is -2.40. The van der Waals surface area contributed by atoms with E-state index in [9.17, 15) is 60.0 Å². The Morgan fingerprint density at radius 2 is 1.38 bits per heavy atom. The minimum Gasteiger partial charge on any atom is -0.462 e. The lowest BCUT2D eigenvalue weighted by Gasteiger charge is -2.61. The van der Waals surface area contributed by atoms with Gasteiger partial charge in [0.15, 0.2) is 12.6 Å². The molecule has 6 aliphatic rings. The molecule has 0 aromatic heterocycles. The molecule has 378 valence electrons. The topological polar surface area (TPSA) is 295 Å². The summed E-state index contributed by atoms with van der Waals surface area (Å²) in [4.78, 5) is 51.5. The predicted molar refractivity (Wildman–Crippen MR) is 228 cm³/mol. The van der Waals surface area contributed by atoms with Crippen molar-refractivity contribution in [3.63, 3.8) is 0 Å². The summed E-state index contributed by atoms with van der Waals surface area (Å²) in [5, 5.41) is 85.7. The number of aliphatic hydroxyl groups is 8. The van der Waals surface area contributed by atoms with Gasteiger partial charge < -0.3 is 74.0 Å². The highest BCUT2D eigenvalue weighted by Crippen LogP contribution is 2.69. The third-order valence-electron chi connectivity index (χ3n) is 16.9. The van der Waals surface area contributed by atoms with Gasteiger partial charge in [-0.1, -0.05) is 13.8 Å². The first kappa shape index (κ1) is 53.0. The van der Waals surface area contributed by atoms with E-state index < -0.39 is 151 Å². The highest BCUT2D eigenvalue weighted by atomic mass is 16.8. The maximum Gasteiger partial charge on any atom is 0.303 e. The summed E-state index contributed by atoms with van der Waals surface area (Å²) in [5.74, 6) is -2.90. The molecule has 0 aromatic carbocycles. The number of hydrogen-bond donors (Lipinski definition) is 8. The minimum absolute atomic E-state index is 0.0490. The van der Waals surface area contributed by atoms with Crippen LogP contribution in [-0.2, 0) is 52.3 Å². The highest BCUT2D eigenvalue weighted by Gasteiger charge is 2.67. The van der Waals surface area contributed by atoms with Gasteiger partial charge in [0.05, 0.1) is 24.9 Å². The van der Waals surface area contributed by atoms with Gasteiger partial charge >= 0.3 is 17.9 Å². The predicted octanol–water partition coefficient (Wildman–Crippen LogP) is 0.816. The lowest BCUT2D eigenvalue weighted by molar-refractivity contribution is -0.373. The number of Topliss-reactive ketones (excluding diaryl/α,β-unsaturated/α-hetero) is 1. The summed E-state index contributed by atoms with van der Waals surface area (Å²) in [7, 11) is 0. The third kappa shape index (κ3) is 10.2. The van der Waals surface area contributed by atoms with E-state index in [4.69, 9.17) is 33.2 Å². The Morgan fingerprint density at radius 1 is 0.773 bits per heavy atom. The van der Waals surface area contributed by atoms with Crippen LogP contribution in [0.3, 0.4) is 0 Å². The number of ketones is 1. The molecule has 4 saturated carbocycles. The standard InChI is InChI=1S/C47H76O19/c1-21(60-22(2)50)27(44(5,6)66-24(4)52)12-15-47(9,59)41-32(61-23(3)51)18-29-26-17-31(53)30-16-25(10-13-45(30,7)28(26)11-14-46(29,41)8)62-43-40(38(57)36(55)34(20-49)64-43)65-42-39(58)37(56)35(54)33(19-48)63-42/h21,25-30,32-43,48-49,54-59H,10-20H2,1-9H3/t21-,25-,26+,27-,28-,29-,30-,32-,33+,34+,35+,36+,37-,38-,39+,40+,41-,42-,43+,45+,46-,47-/m0/s1. The molecule has 6 rings (SSSR count). The van der Waals surface area contributed by atoms with E-state index in [2.05, 4.69) is 13.8 Å². The monoisotopic (exact) mass is 944 g/mol. The fraction of sp³-hybridized carbons (Fsp3) is 0.915. The summed E-state index contributed by atoms with van der Waals surface area (Å²) in [6.45, 7) is 13.8. The molecule has 19 heteroatoms. The molecule has 0 amide bonds. The van der Waals surface area contributed by atoms with Gasteiger partial charge in [0.25, 0.3) is 0 Å². The van der Waals surface area contributed by atoms with Crippen LogP contribution < -0.4 is 0 Å². The zero-order valence-corrected chi connectivity index (χ0v) is 39.8. The number of carbonyl (C=O) groups excluding carboxylic acids is 4. The third-order valence-corrected chi connectivity index (χ3v) is 16.9. The van der Waals surface area contributed by atoms with E-state index in [1.807, 2.05) is 0 Å². The van der Waals surface area contributed by atoms with Crippen molar-refractivity contribution >= 4 is 23.7 Å². The Balaban J connectivity index is 1.20. The van der Waals surface area contributed by atoms with Crippen molar-refractivity contribution in [2.45, 2.75) is 211 Å². The summed E-state index contributed by atoms with van der Waals surface area (Å²) in [5.41, 5.74) is -3.45. The van der Waals surface area contributed by atoms with Crippen LogP contribution >= 0.6 is 0 Å². The van der Waals surface area contributed by atoms with Crippen LogP contribution in [-0.4, -0.2) is 169 Å². The molecule has 0 spiro atoms. The van der Waals surface area contributed by atoms with Crippen LogP contribution in [0.5, 0.6) is 0 Å². The van der Waals surface area contributed by atoms with Crippen LogP contribution in [0.15, 0.2) is 0 Å². The maximum atomic E-state index is 14.6. The average Bonchev–Trinajstić information content (AvgIpc) is 3.52. The second-order valence-corrected chi connectivity index (χ2v) is 21.6. The van der Waals surface area contributed by atoms with Gasteiger partial charge in [-0.2, -0.15) is 0 Å². The van der Waals surface area contributed by atoms with Crippen molar-refractivity contribution in [1.82, 2.24) is 0 Å². The SMILES string of the molecule is CC(=O)O[C@@H](C)[C@H](CC[C@](C)(O)[C@H]1[C@@H](OC(C)=O)C[C@H]2[C@@H]3CC(=O)[C@@H]4C[C@@H](O[C@@H]5O[C@H](CO)[C@@H](O)[C@H](O)[C@H]5O[C@@H]5O[C@H](CO)[C@@H](O)[C@H](O)[C@H]5O)CC[C@]4(C)[C@H]3CC[C@@]21C)C(C)(C)OC(C)=O. The normalized spacial score (nSPS) is 44.4. The molecule has 0 unspecified atom stereocenters. The van der Waals surface area contributed by atoms with Crippen LogP contribution in [0.4, 0.5) is 0 Å². The smallest absolute Gasteiger partial charge is 0.303 e. The lowest BCUT2D eigenvalue weighted by Crippen LogP contribution is -2.65. The molecule has 8 N–H and O–H groups in total.